The Morgan fingerprint density at radius 1 is 1.55 bits per heavy atom. The lowest BCUT2D eigenvalue weighted by Gasteiger charge is -2.00. The molecule has 0 spiro atoms. The molecule has 0 aliphatic carbocycles. The predicted octanol–water partition coefficient (Wildman–Crippen LogP) is 1.66. The van der Waals surface area contributed by atoms with Crippen molar-refractivity contribution in [1.82, 2.24) is 0 Å². The molecule has 0 aliphatic heterocycles. The van der Waals surface area contributed by atoms with Gasteiger partial charge in [0.05, 0.1) is 6.61 Å². The molecule has 2 heteroatoms. The molecule has 0 atom stereocenters. The molecular weight excluding hydrogens is 143 g/mol. The molecule has 0 bridgehead atoms. The van der Waals surface area contributed by atoms with E-state index >= 15 is 0 Å². The summed E-state index contributed by atoms with van der Waals surface area (Å²) in [5.41, 5.74) is 0.579. The van der Waals surface area contributed by atoms with Crippen molar-refractivity contribution in [3.05, 3.63) is 47.8 Å². The van der Waals surface area contributed by atoms with Crippen molar-refractivity contribution >= 4 is 0 Å². The Bertz CT molecular complexity index is 268. The van der Waals surface area contributed by atoms with Crippen molar-refractivity contribution in [3.63, 3.8) is 0 Å². The molecule has 57 valence electrons. The quantitative estimate of drug-likeness (QED) is 0.681. The van der Waals surface area contributed by atoms with E-state index in [9.17, 15) is 4.39 Å². The van der Waals surface area contributed by atoms with E-state index in [2.05, 4.69) is 12.7 Å². The second-order valence-electron chi connectivity index (χ2n) is 2.11. The smallest absolute Gasteiger partial charge is 0.136 e. The standard InChI is InChI=1S/C9H8FO/c1-2-7-4-3-5-8(6-11)9(7)10/h3-5,11H,1,6H2. The van der Waals surface area contributed by atoms with Crippen LogP contribution in [-0.2, 0) is 6.61 Å². The van der Waals surface area contributed by atoms with Gasteiger partial charge >= 0.3 is 0 Å². The lowest BCUT2D eigenvalue weighted by atomic mass is 10.1. The predicted molar refractivity (Wildman–Crippen MR) is 40.3 cm³/mol. The van der Waals surface area contributed by atoms with Crippen molar-refractivity contribution in [2.24, 2.45) is 0 Å². The Kier molecular flexibility index (Phi) is 2.39. The number of hydrogen-bond donors (Lipinski definition) is 1. The van der Waals surface area contributed by atoms with E-state index < -0.39 is 5.82 Å². The third-order valence-electron chi connectivity index (χ3n) is 1.44. The van der Waals surface area contributed by atoms with Gasteiger partial charge in [-0.15, -0.1) is 0 Å². The van der Waals surface area contributed by atoms with Gasteiger partial charge in [0.2, 0.25) is 0 Å². The SMILES string of the molecule is C=[C]c1cccc(CO)c1F. The number of aliphatic hydroxyl groups is 1. The van der Waals surface area contributed by atoms with Crippen LogP contribution in [0.3, 0.4) is 0 Å². The van der Waals surface area contributed by atoms with Gasteiger partial charge in [-0.25, -0.2) is 4.39 Å². The average molecular weight is 151 g/mol. The number of hydrogen-bond acceptors (Lipinski definition) is 1. The topological polar surface area (TPSA) is 20.2 Å². The number of rotatable bonds is 2. The summed E-state index contributed by atoms with van der Waals surface area (Å²) in [4.78, 5) is 0. The fraction of sp³-hybridized carbons (Fsp3) is 0.111. The van der Waals surface area contributed by atoms with E-state index in [0.29, 0.717) is 5.56 Å². The Hall–Kier alpha value is -1.15. The van der Waals surface area contributed by atoms with Crippen molar-refractivity contribution in [2.75, 3.05) is 0 Å². The van der Waals surface area contributed by atoms with Gasteiger partial charge in [-0.3, -0.25) is 0 Å². The van der Waals surface area contributed by atoms with E-state index in [1.165, 1.54) is 6.07 Å². The molecule has 11 heavy (non-hydrogen) atoms. The Morgan fingerprint density at radius 2 is 2.27 bits per heavy atom. The van der Waals surface area contributed by atoms with Crippen molar-refractivity contribution in [1.29, 1.82) is 0 Å². The molecule has 1 N–H and O–H groups in total. The highest BCUT2D eigenvalue weighted by molar-refractivity contribution is 5.29. The van der Waals surface area contributed by atoms with Gasteiger partial charge in [-0.05, 0) is 6.08 Å². The third kappa shape index (κ3) is 1.46. The molecule has 0 aliphatic rings. The zero-order valence-electron chi connectivity index (χ0n) is 5.97. The summed E-state index contributed by atoms with van der Waals surface area (Å²) < 4.78 is 13.0. The highest BCUT2D eigenvalue weighted by Gasteiger charge is 2.02. The zero-order chi connectivity index (χ0) is 8.27. The van der Waals surface area contributed by atoms with Crippen LogP contribution in [0.25, 0.3) is 0 Å². The molecule has 0 saturated carbocycles. The van der Waals surface area contributed by atoms with Gasteiger partial charge < -0.3 is 5.11 Å². The summed E-state index contributed by atoms with van der Waals surface area (Å²) in [7, 11) is 0. The molecule has 0 heterocycles. The Balaban J connectivity index is 3.20. The molecule has 1 aromatic rings. The highest BCUT2D eigenvalue weighted by atomic mass is 19.1. The van der Waals surface area contributed by atoms with E-state index in [-0.39, 0.29) is 12.2 Å². The van der Waals surface area contributed by atoms with E-state index in [4.69, 9.17) is 5.11 Å². The maximum absolute atomic E-state index is 13.0. The van der Waals surface area contributed by atoms with Gasteiger partial charge in [0.15, 0.2) is 0 Å². The third-order valence-corrected chi connectivity index (χ3v) is 1.44. The second-order valence-corrected chi connectivity index (χ2v) is 2.11. The molecule has 0 unspecified atom stereocenters. The first-order valence-corrected chi connectivity index (χ1v) is 3.21. The van der Waals surface area contributed by atoms with Gasteiger partial charge in [-0.2, -0.15) is 0 Å². The lowest BCUT2D eigenvalue weighted by Crippen LogP contribution is -1.92. The van der Waals surface area contributed by atoms with Crippen molar-refractivity contribution in [3.8, 4) is 0 Å². The highest BCUT2D eigenvalue weighted by Crippen LogP contribution is 2.12. The molecule has 0 aromatic heterocycles. The maximum atomic E-state index is 13.0. The van der Waals surface area contributed by atoms with Gasteiger partial charge in [0.1, 0.15) is 5.82 Å². The summed E-state index contributed by atoms with van der Waals surface area (Å²) in [5.74, 6) is -0.440. The summed E-state index contributed by atoms with van der Waals surface area (Å²) in [6.07, 6.45) is 2.43. The molecule has 0 saturated heterocycles. The average Bonchev–Trinajstić information content (AvgIpc) is 2.05. The van der Waals surface area contributed by atoms with Gasteiger partial charge in [0, 0.05) is 11.1 Å². The maximum Gasteiger partial charge on any atom is 0.136 e. The van der Waals surface area contributed by atoms with Gasteiger partial charge in [0.25, 0.3) is 0 Å². The van der Waals surface area contributed by atoms with Crippen LogP contribution in [0, 0.1) is 11.9 Å². The Labute approximate surface area is 64.8 Å². The largest absolute Gasteiger partial charge is 0.392 e. The Morgan fingerprint density at radius 3 is 2.82 bits per heavy atom. The zero-order valence-corrected chi connectivity index (χ0v) is 5.97. The summed E-state index contributed by atoms with van der Waals surface area (Å²) in [5, 5.41) is 8.65. The van der Waals surface area contributed by atoms with Crippen molar-refractivity contribution in [2.45, 2.75) is 6.61 Å². The van der Waals surface area contributed by atoms with E-state index in [1.807, 2.05) is 0 Å². The normalized spacial score (nSPS) is 9.64. The van der Waals surface area contributed by atoms with Crippen LogP contribution in [0.5, 0.6) is 0 Å². The lowest BCUT2D eigenvalue weighted by molar-refractivity contribution is 0.275. The second kappa shape index (κ2) is 3.30. The molecule has 1 rings (SSSR count). The first kappa shape index (κ1) is 7.95. The summed E-state index contributed by atoms with van der Waals surface area (Å²) >= 11 is 0. The molecule has 1 radical (unpaired) electrons. The van der Waals surface area contributed by atoms with Crippen LogP contribution in [0.15, 0.2) is 24.8 Å². The number of benzene rings is 1. The minimum atomic E-state index is -0.440. The fourth-order valence-electron chi connectivity index (χ4n) is 0.838. The fourth-order valence-corrected chi connectivity index (χ4v) is 0.838. The van der Waals surface area contributed by atoms with E-state index in [0.717, 1.165) is 0 Å². The van der Waals surface area contributed by atoms with Gasteiger partial charge in [-0.1, -0.05) is 24.8 Å². The van der Waals surface area contributed by atoms with Crippen LogP contribution in [0.2, 0.25) is 0 Å². The minimum Gasteiger partial charge on any atom is -0.392 e. The van der Waals surface area contributed by atoms with Crippen LogP contribution in [0.1, 0.15) is 11.1 Å². The number of halogens is 1. The van der Waals surface area contributed by atoms with E-state index in [1.54, 1.807) is 12.1 Å². The summed E-state index contributed by atoms with van der Waals surface area (Å²) in [6, 6.07) is 4.74. The molecular formula is C9H8FO. The van der Waals surface area contributed by atoms with Crippen molar-refractivity contribution < 1.29 is 9.50 Å². The molecule has 0 fully saturated rings. The minimum absolute atomic E-state index is 0.277. The first-order chi connectivity index (χ1) is 5.29. The monoisotopic (exact) mass is 151 g/mol. The summed E-state index contributed by atoms with van der Waals surface area (Å²) in [6.45, 7) is 3.03. The first-order valence-electron chi connectivity index (χ1n) is 3.21. The van der Waals surface area contributed by atoms with Crippen LogP contribution >= 0.6 is 0 Å². The number of aliphatic hydroxyl groups excluding tert-OH is 1. The molecule has 0 amide bonds. The molecule has 1 nitrogen and oxygen atoms in total. The van der Waals surface area contributed by atoms with Crippen LogP contribution < -0.4 is 0 Å². The molecule has 1 aromatic carbocycles. The van der Waals surface area contributed by atoms with Crippen LogP contribution in [-0.4, -0.2) is 5.11 Å². The van der Waals surface area contributed by atoms with Crippen LogP contribution in [0.4, 0.5) is 4.39 Å².